The highest BCUT2D eigenvalue weighted by Gasteiger charge is 2.04. The highest BCUT2D eigenvalue weighted by Crippen LogP contribution is 2.13. The van der Waals surface area contributed by atoms with E-state index in [0.717, 1.165) is 10.2 Å². The van der Waals surface area contributed by atoms with Gasteiger partial charge in [0.05, 0.1) is 0 Å². The van der Waals surface area contributed by atoms with Gasteiger partial charge in [0.1, 0.15) is 5.82 Å². The summed E-state index contributed by atoms with van der Waals surface area (Å²) in [6, 6.07) is 9.25. The van der Waals surface area contributed by atoms with Gasteiger partial charge in [-0.05, 0) is 30.7 Å². The summed E-state index contributed by atoms with van der Waals surface area (Å²) in [4.78, 5) is 19.9. The summed E-state index contributed by atoms with van der Waals surface area (Å²) in [6.45, 7) is 0. The maximum atomic E-state index is 11.7. The number of nitrogens with zero attached hydrogens (tertiary/aromatic N) is 2. The topological polar surface area (TPSA) is 54.9 Å². The maximum absolute atomic E-state index is 11.7. The highest BCUT2D eigenvalue weighted by molar-refractivity contribution is 9.10. The Morgan fingerprint density at radius 3 is 2.83 bits per heavy atom. The molecule has 0 unspecified atom stereocenters. The van der Waals surface area contributed by atoms with Crippen LogP contribution in [0.2, 0.25) is 0 Å². The van der Waals surface area contributed by atoms with Crippen LogP contribution in [0.4, 0.5) is 5.82 Å². The van der Waals surface area contributed by atoms with Crippen LogP contribution in [0.15, 0.2) is 47.2 Å². The molecule has 0 fully saturated rings. The van der Waals surface area contributed by atoms with E-state index in [-0.39, 0.29) is 5.91 Å². The fourth-order valence-electron chi connectivity index (χ4n) is 1.47. The molecule has 0 aromatic carbocycles. The molecule has 0 atom stereocenters. The number of aromatic nitrogens is 2. The van der Waals surface area contributed by atoms with Crippen molar-refractivity contribution in [3.05, 3.63) is 52.9 Å². The van der Waals surface area contributed by atoms with Crippen LogP contribution in [0.3, 0.4) is 0 Å². The number of nitrogens with one attached hydrogen (secondary N) is 1. The fraction of sp³-hybridized carbons (Fsp3) is 0.154. The summed E-state index contributed by atoms with van der Waals surface area (Å²) in [5, 5.41) is 2.75. The molecular weight excluding hydrogens is 294 g/mol. The van der Waals surface area contributed by atoms with Gasteiger partial charge in [-0.3, -0.25) is 9.78 Å². The number of amides is 1. The normalized spacial score (nSPS) is 10.1. The molecular formula is C13H12BrN3O. The molecule has 1 N–H and O–H groups in total. The number of hydrogen-bond donors (Lipinski definition) is 1. The van der Waals surface area contributed by atoms with Gasteiger partial charge in [0.25, 0.3) is 0 Å². The average molecular weight is 306 g/mol. The number of rotatable bonds is 4. The first-order valence-electron chi connectivity index (χ1n) is 5.55. The smallest absolute Gasteiger partial charge is 0.225 e. The minimum atomic E-state index is -0.0637. The molecule has 2 aromatic heterocycles. The molecule has 5 heteroatoms. The third-order valence-corrected chi connectivity index (χ3v) is 2.82. The molecule has 0 spiro atoms. The lowest BCUT2D eigenvalue weighted by atomic mass is 10.2. The molecule has 2 heterocycles. The molecule has 0 bridgehead atoms. The van der Waals surface area contributed by atoms with E-state index in [1.807, 2.05) is 24.3 Å². The molecule has 0 aliphatic rings. The number of anilines is 1. The minimum absolute atomic E-state index is 0.0637. The van der Waals surface area contributed by atoms with Crippen molar-refractivity contribution < 1.29 is 4.79 Å². The number of pyridine rings is 2. The van der Waals surface area contributed by atoms with E-state index in [4.69, 9.17) is 0 Å². The quantitative estimate of drug-likeness (QED) is 0.945. The van der Waals surface area contributed by atoms with Gasteiger partial charge in [-0.1, -0.05) is 22.0 Å². The predicted molar refractivity (Wildman–Crippen MR) is 73.1 cm³/mol. The number of halogens is 1. The molecule has 18 heavy (non-hydrogen) atoms. The van der Waals surface area contributed by atoms with Gasteiger partial charge >= 0.3 is 0 Å². The third kappa shape index (κ3) is 3.92. The molecule has 1 amide bonds. The zero-order valence-corrected chi connectivity index (χ0v) is 11.2. The Morgan fingerprint density at radius 2 is 2.11 bits per heavy atom. The number of hydrogen-bond acceptors (Lipinski definition) is 3. The first-order chi connectivity index (χ1) is 8.74. The summed E-state index contributed by atoms with van der Waals surface area (Å²) < 4.78 is 0.887. The Morgan fingerprint density at radius 1 is 1.22 bits per heavy atom. The lowest BCUT2D eigenvalue weighted by molar-refractivity contribution is -0.116. The molecule has 0 aliphatic carbocycles. The molecule has 0 saturated heterocycles. The second-order valence-corrected chi connectivity index (χ2v) is 4.64. The van der Waals surface area contributed by atoms with E-state index in [2.05, 4.69) is 31.2 Å². The van der Waals surface area contributed by atoms with Crippen molar-refractivity contribution in [1.82, 2.24) is 9.97 Å². The molecule has 0 aliphatic heterocycles. The molecule has 2 rings (SSSR count). The number of carbonyl (C=O) groups is 1. The van der Waals surface area contributed by atoms with Crippen LogP contribution in [-0.2, 0) is 11.2 Å². The van der Waals surface area contributed by atoms with Gasteiger partial charge < -0.3 is 5.32 Å². The van der Waals surface area contributed by atoms with Crippen molar-refractivity contribution in [3.8, 4) is 0 Å². The summed E-state index contributed by atoms with van der Waals surface area (Å²) >= 11 is 3.33. The first kappa shape index (κ1) is 12.7. The van der Waals surface area contributed by atoms with E-state index >= 15 is 0 Å². The minimum Gasteiger partial charge on any atom is -0.311 e. The van der Waals surface area contributed by atoms with Crippen LogP contribution in [0.25, 0.3) is 0 Å². The summed E-state index contributed by atoms with van der Waals surface area (Å²) in [5.41, 5.74) is 0.912. The maximum Gasteiger partial charge on any atom is 0.225 e. The van der Waals surface area contributed by atoms with Gasteiger partial charge in [0.15, 0.2) is 0 Å². The van der Waals surface area contributed by atoms with Crippen molar-refractivity contribution in [1.29, 1.82) is 0 Å². The van der Waals surface area contributed by atoms with Gasteiger partial charge in [0, 0.05) is 29.0 Å². The van der Waals surface area contributed by atoms with Crippen LogP contribution in [0.5, 0.6) is 0 Å². The van der Waals surface area contributed by atoms with Gasteiger partial charge in [-0.15, -0.1) is 0 Å². The van der Waals surface area contributed by atoms with Crippen LogP contribution in [-0.4, -0.2) is 15.9 Å². The van der Waals surface area contributed by atoms with E-state index in [1.54, 1.807) is 18.5 Å². The lowest BCUT2D eigenvalue weighted by Gasteiger charge is -2.04. The molecule has 2 aromatic rings. The van der Waals surface area contributed by atoms with Crippen molar-refractivity contribution in [3.63, 3.8) is 0 Å². The Balaban J connectivity index is 1.86. The van der Waals surface area contributed by atoms with Crippen LogP contribution >= 0.6 is 15.9 Å². The van der Waals surface area contributed by atoms with Gasteiger partial charge in [-0.25, -0.2) is 4.98 Å². The molecule has 0 radical (unpaired) electrons. The van der Waals surface area contributed by atoms with E-state index in [0.29, 0.717) is 18.7 Å². The second kappa shape index (κ2) is 6.26. The van der Waals surface area contributed by atoms with Crippen LogP contribution < -0.4 is 5.32 Å². The van der Waals surface area contributed by atoms with Crippen molar-refractivity contribution in [2.24, 2.45) is 0 Å². The van der Waals surface area contributed by atoms with Crippen molar-refractivity contribution >= 4 is 27.7 Å². The Kier molecular flexibility index (Phi) is 4.41. The zero-order valence-electron chi connectivity index (χ0n) is 9.64. The SMILES string of the molecule is O=C(CCc1ccccn1)Nc1cc(Br)ccn1. The first-order valence-corrected chi connectivity index (χ1v) is 6.34. The van der Waals surface area contributed by atoms with E-state index in [1.165, 1.54) is 0 Å². The summed E-state index contributed by atoms with van der Waals surface area (Å²) in [7, 11) is 0. The molecule has 92 valence electrons. The Hall–Kier alpha value is -1.75. The van der Waals surface area contributed by atoms with Gasteiger partial charge in [0.2, 0.25) is 5.91 Å². The van der Waals surface area contributed by atoms with Crippen molar-refractivity contribution in [2.75, 3.05) is 5.32 Å². The molecule has 4 nitrogen and oxygen atoms in total. The van der Waals surface area contributed by atoms with Gasteiger partial charge in [-0.2, -0.15) is 0 Å². The zero-order chi connectivity index (χ0) is 12.8. The highest BCUT2D eigenvalue weighted by atomic mass is 79.9. The standard InChI is InChI=1S/C13H12BrN3O/c14-10-6-8-16-12(9-10)17-13(18)5-4-11-3-1-2-7-15-11/h1-3,6-9H,4-5H2,(H,16,17,18). The summed E-state index contributed by atoms with van der Waals surface area (Å²) in [5.74, 6) is 0.488. The Bertz CT molecular complexity index is 531. The van der Waals surface area contributed by atoms with Crippen molar-refractivity contribution in [2.45, 2.75) is 12.8 Å². The lowest BCUT2D eigenvalue weighted by Crippen LogP contribution is -2.13. The molecule has 0 saturated carbocycles. The predicted octanol–water partition coefficient (Wildman–Crippen LogP) is 2.81. The van der Waals surface area contributed by atoms with E-state index in [9.17, 15) is 4.79 Å². The second-order valence-electron chi connectivity index (χ2n) is 3.73. The third-order valence-electron chi connectivity index (χ3n) is 2.32. The fourth-order valence-corrected chi connectivity index (χ4v) is 1.80. The summed E-state index contributed by atoms with van der Waals surface area (Å²) in [6.07, 6.45) is 4.38. The number of aryl methyl sites for hydroxylation is 1. The van der Waals surface area contributed by atoms with E-state index < -0.39 is 0 Å². The monoisotopic (exact) mass is 305 g/mol. The average Bonchev–Trinajstić information content (AvgIpc) is 2.38. The van der Waals surface area contributed by atoms with Crippen LogP contribution in [0.1, 0.15) is 12.1 Å². The Labute approximate surface area is 114 Å². The van der Waals surface area contributed by atoms with Crippen LogP contribution in [0, 0.1) is 0 Å². The number of carbonyl (C=O) groups excluding carboxylic acids is 1. The largest absolute Gasteiger partial charge is 0.311 e.